The maximum atomic E-state index is 13.8. The highest BCUT2D eigenvalue weighted by Crippen LogP contribution is 2.53. The van der Waals surface area contributed by atoms with Crippen molar-refractivity contribution < 1.29 is 9.18 Å². The number of carbonyl (C=O) groups is 1. The number of nitrogens with zero attached hydrogens (tertiary/aromatic N) is 3. The Labute approximate surface area is 180 Å². The van der Waals surface area contributed by atoms with Crippen LogP contribution in [0, 0.1) is 34.9 Å². The Morgan fingerprint density at radius 1 is 1.10 bits per heavy atom. The van der Waals surface area contributed by atoms with Crippen LogP contribution in [0.4, 0.5) is 10.1 Å². The van der Waals surface area contributed by atoms with E-state index >= 15 is 0 Å². The first-order chi connectivity index (χ1) is 15.1. The quantitative estimate of drug-likeness (QED) is 0.637. The van der Waals surface area contributed by atoms with Gasteiger partial charge in [0.25, 0.3) is 0 Å². The van der Waals surface area contributed by atoms with Crippen LogP contribution in [-0.2, 0) is 4.79 Å². The number of fused-ring (bicyclic) bond motifs is 2. The van der Waals surface area contributed by atoms with Crippen LogP contribution in [0.5, 0.6) is 0 Å². The van der Waals surface area contributed by atoms with Gasteiger partial charge in [0, 0.05) is 18.0 Å². The Balaban J connectivity index is 1.20. The van der Waals surface area contributed by atoms with Crippen LogP contribution < -0.4 is 5.32 Å². The van der Waals surface area contributed by atoms with Crippen molar-refractivity contribution in [2.75, 3.05) is 5.32 Å². The second-order valence-corrected chi connectivity index (χ2v) is 8.88. The third-order valence-corrected chi connectivity index (χ3v) is 6.93. The molecular weight excluding hydrogens is 391 g/mol. The first-order valence-corrected chi connectivity index (χ1v) is 10.8. The highest BCUT2D eigenvalue weighted by Gasteiger charge is 2.42. The first kappa shape index (κ1) is 19.6. The van der Waals surface area contributed by atoms with E-state index < -0.39 is 0 Å². The summed E-state index contributed by atoms with van der Waals surface area (Å²) in [6.45, 7) is 0. The molecule has 0 aliphatic heterocycles. The van der Waals surface area contributed by atoms with Crippen molar-refractivity contribution in [1.29, 1.82) is 5.26 Å². The molecule has 5 nitrogen and oxygen atoms in total. The van der Waals surface area contributed by atoms with Gasteiger partial charge in [-0.1, -0.05) is 0 Å². The predicted octanol–water partition coefficient (Wildman–Crippen LogP) is 5.19. The number of benzene rings is 1. The minimum atomic E-state index is -0.219. The summed E-state index contributed by atoms with van der Waals surface area (Å²) in [4.78, 5) is 20.8. The smallest absolute Gasteiger partial charge is 0.224 e. The Bertz CT molecular complexity index is 1160. The standard InChI is InChI=1S/C25H23FN4O/c26-19-1-4-24-23(12-19)22(5-6-28-24)18-10-16-7-15(8-17(16)11-18)9-25(31)30-21-3-2-20(13-27)29-14-21/h1-6,12,14-18H,7-11H2,(H,30,31)/t15-,16-,17+,18+. The number of anilines is 1. The van der Waals surface area contributed by atoms with Crippen molar-refractivity contribution in [3.8, 4) is 6.07 Å². The fraction of sp³-hybridized carbons (Fsp3) is 0.360. The number of hydrogen-bond acceptors (Lipinski definition) is 4. The number of amides is 1. The van der Waals surface area contributed by atoms with Gasteiger partial charge in [0.15, 0.2) is 0 Å². The number of halogens is 1. The lowest BCUT2D eigenvalue weighted by Gasteiger charge is -2.17. The average Bonchev–Trinajstić information content (AvgIpc) is 3.32. The highest BCUT2D eigenvalue weighted by molar-refractivity contribution is 5.90. The van der Waals surface area contributed by atoms with E-state index in [4.69, 9.17) is 5.26 Å². The van der Waals surface area contributed by atoms with Gasteiger partial charge in [-0.3, -0.25) is 9.78 Å². The highest BCUT2D eigenvalue weighted by atomic mass is 19.1. The summed E-state index contributed by atoms with van der Waals surface area (Å²) in [6, 6.07) is 12.2. The fourth-order valence-electron chi connectivity index (χ4n) is 5.67. The Morgan fingerprint density at radius 2 is 1.90 bits per heavy atom. The van der Waals surface area contributed by atoms with Crippen molar-refractivity contribution in [3.05, 3.63) is 65.9 Å². The van der Waals surface area contributed by atoms with Crippen molar-refractivity contribution >= 4 is 22.5 Å². The van der Waals surface area contributed by atoms with Crippen LogP contribution in [-0.4, -0.2) is 15.9 Å². The predicted molar refractivity (Wildman–Crippen MR) is 116 cm³/mol. The van der Waals surface area contributed by atoms with Crippen LogP contribution >= 0.6 is 0 Å². The Kier molecular flexibility index (Phi) is 5.11. The molecule has 2 aliphatic rings. The van der Waals surface area contributed by atoms with Crippen LogP contribution in [0.25, 0.3) is 10.9 Å². The van der Waals surface area contributed by atoms with E-state index in [9.17, 15) is 9.18 Å². The summed E-state index contributed by atoms with van der Waals surface area (Å²) in [5.74, 6) is 1.86. The van der Waals surface area contributed by atoms with Gasteiger partial charge in [-0.2, -0.15) is 5.26 Å². The summed E-state index contributed by atoms with van der Waals surface area (Å²) < 4.78 is 13.8. The van der Waals surface area contributed by atoms with E-state index in [0.29, 0.717) is 41.5 Å². The van der Waals surface area contributed by atoms with E-state index in [0.717, 1.165) is 36.6 Å². The zero-order valence-electron chi connectivity index (χ0n) is 17.1. The van der Waals surface area contributed by atoms with E-state index in [1.165, 1.54) is 17.8 Å². The molecule has 2 heterocycles. The normalized spacial score (nSPS) is 24.6. The van der Waals surface area contributed by atoms with Gasteiger partial charge in [-0.05, 0) is 91.3 Å². The lowest BCUT2D eigenvalue weighted by Crippen LogP contribution is -2.16. The number of carbonyl (C=O) groups excluding carboxylic acids is 1. The molecule has 1 aromatic carbocycles. The van der Waals surface area contributed by atoms with Gasteiger partial charge in [-0.15, -0.1) is 0 Å². The summed E-state index contributed by atoms with van der Waals surface area (Å²) in [6.07, 6.45) is 8.19. The first-order valence-electron chi connectivity index (χ1n) is 10.8. The van der Waals surface area contributed by atoms with Gasteiger partial charge in [0.05, 0.1) is 17.4 Å². The number of nitriles is 1. The molecule has 2 aromatic heterocycles. The van der Waals surface area contributed by atoms with Crippen molar-refractivity contribution in [2.45, 2.75) is 38.0 Å². The average molecular weight is 414 g/mol. The topological polar surface area (TPSA) is 78.7 Å². The minimum Gasteiger partial charge on any atom is -0.325 e. The molecule has 0 radical (unpaired) electrons. The maximum absolute atomic E-state index is 13.8. The molecule has 4 atom stereocenters. The third-order valence-electron chi connectivity index (χ3n) is 6.93. The monoisotopic (exact) mass is 414 g/mol. The molecule has 3 aromatic rings. The largest absolute Gasteiger partial charge is 0.325 e. The molecule has 1 amide bonds. The number of pyridine rings is 2. The third kappa shape index (κ3) is 4.00. The van der Waals surface area contributed by atoms with Gasteiger partial charge in [-0.25, -0.2) is 9.37 Å². The number of aromatic nitrogens is 2. The summed E-state index contributed by atoms with van der Waals surface area (Å²) >= 11 is 0. The molecule has 5 rings (SSSR count). The zero-order valence-corrected chi connectivity index (χ0v) is 17.1. The van der Waals surface area contributed by atoms with Gasteiger partial charge in [0.1, 0.15) is 17.6 Å². The van der Waals surface area contributed by atoms with E-state index in [-0.39, 0.29) is 11.7 Å². The second-order valence-electron chi connectivity index (χ2n) is 8.88. The van der Waals surface area contributed by atoms with Crippen LogP contribution in [0.2, 0.25) is 0 Å². The van der Waals surface area contributed by atoms with E-state index in [1.807, 2.05) is 18.3 Å². The van der Waals surface area contributed by atoms with Gasteiger partial charge in [0.2, 0.25) is 5.91 Å². The van der Waals surface area contributed by atoms with Gasteiger partial charge < -0.3 is 5.32 Å². The Morgan fingerprint density at radius 3 is 2.61 bits per heavy atom. The second kappa shape index (κ2) is 8.07. The Hall–Kier alpha value is -3.33. The molecule has 6 heteroatoms. The van der Waals surface area contributed by atoms with Crippen molar-refractivity contribution in [3.63, 3.8) is 0 Å². The molecule has 0 unspecified atom stereocenters. The molecule has 1 N–H and O–H groups in total. The molecule has 0 spiro atoms. The van der Waals surface area contributed by atoms with Crippen LogP contribution in [0.1, 0.15) is 49.3 Å². The molecule has 0 bridgehead atoms. The molecule has 2 aliphatic carbocycles. The zero-order chi connectivity index (χ0) is 21.4. The molecule has 0 saturated heterocycles. The number of hydrogen-bond donors (Lipinski definition) is 1. The fourth-order valence-corrected chi connectivity index (χ4v) is 5.67. The van der Waals surface area contributed by atoms with E-state index in [2.05, 4.69) is 15.3 Å². The molecule has 156 valence electrons. The summed E-state index contributed by atoms with van der Waals surface area (Å²) in [5.41, 5.74) is 3.02. The van der Waals surface area contributed by atoms with Crippen LogP contribution in [0.15, 0.2) is 48.8 Å². The maximum Gasteiger partial charge on any atom is 0.224 e. The lowest BCUT2D eigenvalue weighted by molar-refractivity contribution is -0.117. The molecular formula is C25H23FN4O. The van der Waals surface area contributed by atoms with E-state index in [1.54, 1.807) is 24.3 Å². The number of nitrogens with one attached hydrogen (secondary N) is 1. The van der Waals surface area contributed by atoms with Crippen molar-refractivity contribution in [1.82, 2.24) is 9.97 Å². The van der Waals surface area contributed by atoms with Crippen LogP contribution in [0.3, 0.4) is 0 Å². The van der Waals surface area contributed by atoms with Crippen molar-refractivity contribution in [2.24, 2.45) is 17.8 Å². The minimum absolute atomic E-state index is 0.00336. The number of rotatable bonds is 4. The molecule has 2 saturated carbocycles. The summed E-state index contributed by atoms with van der Waals surface area (Å²) in [5, 5.41) is 12.6. The molecule has 31 heavy (non-hydrogen) atoms. The summed E-state index contributed by atoms with van der Waals surface area (Å²) in [7, 11) is 0. The lowest BCUT2D eigenvalue weighted by atomic mass is 9.89. The SMILES string of the molecule is N#Cc1ccc(NC(=O)C[C@@H]2C[C@@H]3C[C@H](c4ccnc5ccc(F)cc45)C[C@@H]3C2)cn1. The van der Waals surface area contributed by atoms with Gasteiger partial charge >= 0.3 is 0 Å². The molecule has 2 fully saturated rings.